The highest BCUT2D eigenvalue weighted by Gasteiger charge is 2.37. The largest absolute Gasteiger partial charge is 0.394 e. The van der Waals surface area contributed by atoms with E-state index in [1.807, 2.05) is 12.1 Å². The molecule has 1 amide bonds. The number of halogens is 1. The van der Waals surface area contributed by atoms with Crippen molar-refractivity contribution in [1.82, 2.24) is 5.32 Å². The standard InChI is InChI=1S/C41H72FNO7/c1-2-3-4-5-6-7-8-9-10-11-15-18-21-24-36(45)35(32-49-41-38(47)30-37(46)39(31-44)50-41)43-40(48)25-22-19-16-13-12-14-17-20-23-33-26-28-34(42)29-27-33/h26-29,35-39,41,44-47H,2-25,30-32H2,1H3,(H,43,48)/t35-,36+,37+,38+,39?,41-/m0/s1. The van der Waals surface area contributed by atoms with Gasteiger partial charge in [-0.1, -0.05) is 141 Å². The highest BCUT2D eigenvalue weighted by Crippen LogP contribution is 2.22. The Morgan fingerprint density at radius 2 is 1.32 bits per heavy atom. The monoisotopic (exact) mass is 710 g/mol. The third kappa shape index (κ3) is 21.0. The number of ether oxygens (including phenoxy) is 2. The lowest BCUT2D eigenvalue weighted by Gasteiger charge is -2.37. The van der Waals surface area contributed by atoms with Gasteiger partial charge in [0.05, 0.1) is 31.5 Å². The van der Waals surface area contributed by atoms with Crippen molar-refractivity contribution in [2.45, 2.75) is 204 Å². The zero-order chi connectivity index (χ0) is 36.2. The molecule has 5 N–H and O–H groups in total. The van der Waals surface area contributed by atoms with Crippen LogP contribution >= 0.6 is 0 Å². The molecule has 9 heteroatoms. The topological polar surface area (TPSA) is 128 Å². The number of aryl methyl sites for hydroxylation is 1. The quantitative estimate of drug-likeness (QED) is 0.0494. The van der Waals surface area contributed by atoms with Crippen LogP contribution in [0.3, 0.4) is 0 Å². The third-order valence-electron chi connectivity index (χ3n) is 10.1. The molecule has 0 radical (unpaired) electrons. The van der Waals surface area contributed by atoms with Gasteiger partial charge in [-0.2, -0.15) is 0 Å². The minimum absolute atomic E-state index is 0.0183. The van der Waals surface area contributed by atoms with Gasteiger partial charge >= 0.3 is 0 Å². The van der Waals surface area contributed by atoms with Crippen LogP contribution in [0.2, 0.25) is 0 Å². The first-order chi connectivity index (χ1) is 24.3. The minimum Gasteiger partial charge on any atom is -0.394 e. The second-order valence-electron chi connectivity index (χ2n) is 14.7. The smallest absolute Gasteiger partial charge is 0.220 e. The Balaban J connectivity index is 1.64. The number of benzene rings is 1. The molecular formula is C41H72FNO7. The maximum absolute atomic E-state index is 13.0. The zero-order valence-corrected chi connectivity index (χ0v) is 31.3. The first-order valence-electron chi connectivity index (χ1n) is 20.3. The van der Waals surface area contributed by atoms with Crippen LogP contribution in [0, 0.1) is 5.82 Å². The Morgan fingerprint density at radius 1 is 0.800 bits per heavy atom. The molecule has 1 aliphatic heterocycles. The summed E-state index contributed by atoms with van der Waals surface area (Å²) in [5, 5.41) is 43.9. The first kappa shape index (κ1) is 44.5. The summed E-state index contributed by atoms with van der Waals surface area (Å²) in [6.07, 6.45) is 22.0. The van der Waals surface area contributed by atoms with E-state index in [0.717, 1.165) is 64.2 Å². The highest BCUT2D eigenvalue weighted by atomic mass is 19.1. The van der Waals surface area contributed by atoms with E-state index in [0.29, 0.717) is 12.8 Å². The molecule has 0 spiro atoms. The van der Waals surface area contributed by atoms with Gasteiger partial charge in [0.2, 0.25) is 5.91 Å². The normalized spacial score (nSPS) is 20.5. The number of rotatable bonds is 31. The Morgan fingerprint density at radius 3 is 1.88 bits per heavy atom. The number of amides is 1. The van der Waals surface area contributed by atoms with Gasteiger partial charge in [-0.15, -0.1) is 0 Å². The van der Waals surface area contributed by atoms with Crippen LogP contribution in [0.25, 0.3) is 0 Å². The summed E-state index contributed by atoms with van der Waals surface area (Å²) >= 11 is 0. The Bertz CT molecular complexity index is 951. The van der Waals surface area contributed by atoms with Crippen molar-refractivity contribution in [3.63, 3.8) is 0 Å². The van der Waals surface area contributed by atoms with E-state index < -0.39 is 43.4 Å². The molecule has 290 valence electrons. The van der Waals surface area contributed by atoms with Gasteiger partial charge in [0.15, 0.2) is 6.29 Å². The van der Waals surface area contributed by atoms with Crippen molar-refractivity contribution >= 4 is 5.91 Å². The Labute approximate surface area is 302 Å². The summed E-state index contributed by atoms with van der Waals surface area (Å²) in [5.74, 6) is -0.319. The molecule has 2 rings (SSSR count). The lowest BCUT2D eigenvalue weighted by Crippen LogP contribution is -2.52. The number of carbonyl (C=O) groups excluding carboxylic acids is 1. The van der Waals surface area contributed by atoms with Crippen LogP contribution in [-0.2, 0) is 20.7 Å². The van der Waals surface area contributed by atoms with E-state index in [1.165, 1.54) is 94.7 Å². The zero-order valence-electron chi connectivity index (χ0n) is 31.3. The lowest BCUT2D eigenvalue weighted by atomic mass is 10.0. The maximum atomic E-state index is 13.0. The van der Waals surface area contributed by atoms with Crippen molar-refractivity contribution in [3.05, 3.63) is 35.6 Å². The molecule has 6 atom stereocenters. The van der Waals surface area contributed by atoms with Gasteiger partial charge in [0.25, 0.3) is 0 Å². The van der Waals surface area contributed by atoms with Crippen LogP contribution in [0.15, 0.2) is 24.3 Å². The molecule has 0 saturated carbocycles. The average Bonchev–Trinajstić information content (AvgIpc) is 3.10. The molecule has 1 aromatic carbocycles. The molecule has 1 unspecified atom stereocenters. The number of aliphatic hydroxyl groups excluding tert-OH is 4. The molecule has 0 aliphatic carbocycles. The van der Waals surface area contributed by atoms with E-state index in [4.69, 9.17) is 9.47 Å². The van der Waals surface area contributed by atoms with E-state index >= 15 is 0 Å². The van der Waals surface area contributed by atoms with Gasteiger partial charge in [0.1, 0.15) is 18.0 Å². The molecule has 1 aliphatic rings. The van der Waals surface area contributed by atoms with Gasteiger partial charge in [0, 0.05) is 12.8 Å². The number of nitrogens with one attached hydrogen (secondary N) is 1. The Kier molecular flexibility index (Phi) is 25.7. The summed E-state index contributed by atoms with van der Waals surface area (Å²) in [6, 6.07) is 6.11. The van der Waals surface area contributed by atoms with Crippen molar-refractivity contribution in [2.24, 2.45) is 0 Å². The summed E-state index contributed by atoms with van der Waals surface area (Å²) in [5.41, 5.74) is 1.18. The van der Waals surface area contributed by atoms with Gasteiger partial charge in [-0.3, -0.25) is 4.79 Å². The fourth-order valence-electron chi connectivity index (χ4n) is 6.80. The lowest BCUT2D eigenvalue weighted by molar-refractivity contribution is -0.272. The predicted octanol–water partition coefficient (Wildman–Crippen LogP) is 8.05. The van der Waals surface area contributed by atoms with E-state index in [2.05, 4.69) is 12.2 Å². The summed E-state index contributed by atoms with van der Waals surface area (Å²) in [7, 11) is 0. The molecule has 50 heavy (non-hydrogen) atoms. The van der Waals surface area contributed by atoms with Crippen LogP contribution in [0.1, 0.15) is 167 Å². The Hall–Kier alpha value is -1.62. The third-order valence-corrected chi connectivity index (χ3v) is 10.1. The van der Waals surface area contributed by atoms with Crippen molar-refractivity contribution < 1.29 is 39.1 Å². The molecular weight excluding hydrogens is 637 g/mol. The second kappa shape index (κ2) is 28.9. The number of hydrogen-bond donors (Lipinski definition) is 5. The highest BCUT2D eigenvalue weighted by molar-refractivity contribution is 5.76. The van der Waals surface area contributed by atoms with E-state index in [-0.39, 0.29) is 24.8 Å². The molecule has 0 bridgehead atoms. The van der Waals surface area contributed by atoms with Gasteiger partial charge in [-0.05, 0) is 43.4 Å². The van der Waals surface area contributed by atoms with Crippen molar-refractivity contribution in [3.8, 4) is 0 Å². The molecule has 1 aromatic rings. The predicted molar refractivity (Wildman–Crippen MR) is 198 cm³/mol. The maximum Gasteiger partial charge on any atom is 0.220 e. The molecule has 1 fully saturated rings. The molecule has 0 aromatic heterocycles. The number of aliphatic hydroxyl groups is 4. The van der Waals surface area contributed by atoms with E-state index in [9.17, 15) is 29.6 Å². The molecule has 8 nitrogen and oxygen atoms in total. The van der Waals surface area contributed by atoms with Crippen LogP contribution < -0.4 is 5.32 Å². The summed E-state index contributed by atoms with van der Waals surface area (Å²) in [6.45, 7) is 1.82. The van der Waals surface area contributed by atoms with Crippen LogP contribution in [0.4, 0.5) is 4.39 Å². The fourth-order valence-corrected chi connectivity index (χ4v) is 6.80. The summed E-state index contributed by atoms with van der Waals surface area (Å²) < 4.78 is 24.4. The second-order valence-corrected chi connectivity index (χ2v) is 14.7. The van der Waals surface area contributed by atoms with Gasteiger partial charge in [-0.25, -0.2) is 4.39 Å². The molecule has 1 saturated heterocycles. The fraction of sp³-hybridized carbons (Fsp3) is 0.829. The SMILES string of the molecule is CCCCCCCCCCCCCCC[C@@H](O)[C@H](CO[C@H]1OC(CO)[C@H](O)C[C@H]1O)NC(=O)CCCCCCCCCCc1ccc(F)cc1. The number of carbonyl (C=O) groups is 1. The number of unbranched alkanes of at least 4 members (excludes halogenated alkanes) is 19. The van der Waals surface area contributed by atoms with Crippen molar-refractivity contribution in [1.29, 1.82) is 0 Å². The number of hydrogen-bond acceptors (Lipinski definition) is 7. The van der Waals surface area contributed by atoms with Crippen LogP contribution in [-0.4, -0.2) is 76.3 Å². The van der Waals surface area contributed by atoms with Gasteiger partial charge < -0.3 is 35.2 Å². The van der Waals surface area contributed by atoms with Crippen molar-refractivity contribution in [2.75, 3.05) is 13.2 Å². The summed E-state index contributed by atoms with van der Waals surface area (Å²) in [4.78, 5) is 12.9. The average molecular weight is 710 g/mol. The van der Waals surface area contributed by atoms with Crippen LogP contribution in [0.5, 0.6) is 0 Å². The molecule has 1 heterocycles. The van der Waals surface area contributed by atoms with E-state index in [1.54, 1.807) is 0 Å². The minimum atomic E-state index is -1.07. The first-order valence-corrected chi connectivity index (χ1v) is 20.3.